The molecular weight excluding hydrogens is 278 g/mol. The van der Waals surface area contributed by atoms with Crippen LogP contribution in [-0.4, -0.2) is 26.4 Å². The van der Waals surface area contributed by atoms with Crippen LogP contribution >= 0.6 is 0 Å². The Balaban J connectivity index is 2.02. The molecule has 0 saturated heterocycles. The first kappa shape index (κ1) is 14.4. The monoisotopic (exact) mass is 295 g/mol. The lowest BCUT2D eigenvalue weighted by Crippen LogP contribution is -2.25. The van der Waals surface area contributed by atoms with Gasteiger partial charge in [0, 0.05) is 29.8 Å². The second kappa shape index (κ2) is 5.00. The predicted molar refractivity (Wildman–Crippen MR) is 83.3 cm³/mol. The van der Waals surface area contributed by atoms with Crippen molar-refractivity contribution in [3.05, 3.63) is 47.2 Å². The van der Waals surface area contributed by atoms with Gasteiger partial charge in [-0.25, -0.2) is 0 Å². The van der Waals surface area contributed by atoms with Gasteiger partial charge >= 0.3 is 0 Å². The maximum Gasteiger partial charge on any atom is 0.260 e. The summed E-state index contributed by atoms with van der Waals surface area (Å²) in [5.41, 5.74) is 1.26. The van der Waals surface area contributed by atoms with Crippen LogP contribution in [-0.2, 0) is 13.6 Å². The van der Waals surface area contributed by atoms with Crippen molar-refractivity contribution < 1.29 is 9.90 Å². The summed E-state index contributed by atoms with van der Waals surface area (Å²) in [7, 11) is 1.81. The lowest BCUT2D eigenvalue weighted by Gasteiger charge is -2.15. The van der Waals surface area contributed by atoms with E-state index in [0.29, 0.717) is 12.1 Å². The molecule has 2 aromatic rings. The maximum absolute atomic E-state index is 12.6. The van der Waals surface area contributed by atoms with E-state index >= 15 is 0 Å². The number of carbonyl (C=O) groups is 1. The smallest absolute Gasteiger partial charge is 0.260 e. The van der Waals surface area contributed by atoms with Crippen molar-refractivity contribution in [2.24, 2.45) is 7.05 Å². The van der Waals surface area contributed by atoms with Gasteiger partial charge in [-0.05, 0) is 26.0 Å². The van der Waals surface area contributed by atoms with Gasteiger partial charge in [0.25, 0.3) is 5.91 Å². The Hall–Kier alpha value is -2.58. The molecule has 0 atom stereocenters. The van der Waals surface area contributed by atoms with Crippen LogP contribution in [0.5, 0.6) is 0 Å². The van der Waals surface area contributed by atoms with E-state index in [1.165, 1.54) is 0 Å². The molecule has 22 heavy (non-hydrogen) atoms. The summed E-state index contributed by atoms with van der Waals surface area (Å²) in [5, 5.41) is 13.9. The number of nitrogens with zero attached hydrogens (tertiary/aromatic N) is 3. The third-order valence-electron chi connectivity index (χ3n) is 3.54. The topological polar surface area (TPSA) is 58.4 Å². The molecule has 2 heterocycles. The molecule has 0 aliphatic carbocycles. The van der Waals surface area contributed by atoms with Crippen molar-refractivity contribution in [3.8, 4) is 11.8 Å². The lowest BCUT2D eigenvalue weighted by molar-refractivity contribution is 0.0995. The highest BCUT2D eigenvalue weighted by atomic mass is 16.3. The summed E-state index contributed by atoms with van der Waals surface area (Å²) in [5.74, 6) is 6.49. The van der Waals surface area contributed by atoms with E-state index < -0.39 is 5.60 Å². The zero-order valence-corrected chi connectivity index (χ0v) is 12.8. The quantitative estimate of drug-likeness (QED) is 0.815. The molecule has 1 aromatic carbocycles. The third-order valence-corrected chi connectivity index (χ3v) is 3.54. The number of aryl methyl sites for hydroxylation is 1. The van der Waals surface area contributed by atoms with E-state index in [1.54, 1.807) is 36.7 Å². The fourth-order valence-corrected chi connectivity index (χ4v) is 2.49. The summed E-state index contributed by atoms with van der Waals surface area (Å²) in [4.78, 5) is 14.3. The highest BCUT2D eigenvalue weighted by Gasteiger charge is 2.31. The van der Waals surface area contributed by atoms with E-state index in [9.17, 15) is 9.90 Å². The number of benzene rings is 1. The second-order valence-electron chi connectivity index (χ2n) is 5.85. The molecule has 0 unspecified atom stereocenters. The fourth-order valence-electron chi connectivity index (χ4n) is 2.49. The molecule has 0 spiro atoms. The summed E-state index contributed by atoms with van der Waals surface area (Å²) < 4.78 is 1.67. The third kappa shape index (κ3) is 2.49. The fraction of sp³-hybridized carbons (Fsp3) is 0.294. The second-order valence-corrected chi connectivity index (χ2v) is 5.85. The van der Waals surface area contributed by atoms with Gasteiger partial charge in [-0.15, -0.1) is 0 Å². The van der Waals surface area contributed by atoms with Crippen LogP contribution in [0.3, 0.4) is 0 Å². The summed E-state index contributed by atoms with van der Waals surface area (Å²) in [6.07, 6.45) is 1.67. The molecule has 5 nitrogen and oxygen atoms in total. The van der Waals surface area contributed by atoms with E-state index in [1.807, 2.05) is 24.3 Å². The normalized spacial score (nSPS) is 13.8. The SMILES string of the molecule is Cn1nccc1N1Cc2c(C#CC(C)(C)O)cccc2C1=O. The van der Waals surface area contributed by atoms with E-state index in [2.05, 4.69) is 16.9 Å². The summed E-state index contributed by atoms with van der Waals surface area (Å²) in [6, 6.07) is 7.31. The van der Waals surface area contributed by atoms with Gasteiger partial charge in [-0.3, -0.25) is 14.4 Å². The largest absolute Gasteiger partial charge is 0.378 e. The minimum atomic E-state index is -1.06. The molecule has 1 N–H and O–H groups in total. The summed E-state index contributed by atoms with van der Waals surface area (Å²) in [6.45, 7) is 3.73. The summed E-state index contributed by atoms with van der Waals surface area (Å²) >= 11 is 0. The van der Waals surface area contributed by atoms with Crippen molar-refractivity contribution in [2.75, 3.05) is 4.90 Å². The Morgan fingerprint density at radius 1 is 1.32 bits per heavy atom. The van der Waals surface area contributed by atoms with Crippen molar-refractivity contribution in [2.45, 2.75) is 26.0 Å². The number of rotatable bonds is 1. The molecule has 1 amide bonds. The minimum absolute atomic E-state index is 0.0505. The Bertz CT molecular complexity index is 803. The van der Waals surface area contributed by atoms with E-state index in [0.717, 1.165) is 16.9 Å². The number of fused-ring (bicyclic) bond motifs is 1. The van der Waals surface area contributed by atoms with Crippen LogP contribution in [0.25, 0.3) is 0 Å². The Morgan fingerprint density at radius 2 is 2.09 bits per heavy atom. The molecule has 1 aliphatic rings. The zero-order valence-electron chi connectivity index (χ0n) is 12.8. The van der Waals surface area contributed by atoms with Gasteiger partial charge < -0.3 is 5.11 Å². The number of hydrogen-bond acceptors (Lipinski definition) is 3. The number of anilines is 1. The standard InChI is InChI=1S/C17H17N3O2/c1-17(2,22)9-7-12-5-4-6-13-14(12)11-20(16(13)21)15-8-10-18-19(15)3/h4-6,8,10,22H,11H2,1-3H3. The van der Waals surface area contributed by atoms with E-state index in [4.69, 9.17) is 0 Å². The van der Waals surface area contributed by atoms with Crippen LogP contribution in [0.1, 0.15) is 35.3 Å². The molecule has 0 saturated carbocycles. The van der Waals surface area contributed by atoms with Gasteiger partial charge in [-0.2, -0.15) is 5.10 Å². The van der Waals surface area contributed by atoms with Crippen LogP contribution in [0.4, 0.5) is 5.82 Å². The molecule has 0 radical (unpaired) electrons. The Kier molecular flexibility index (Phi) is 3.27. The average molecular weight is 295 g/mol. The molecule has 5 heteroatoms. The number of aliphatic hydroxyl groups is 1. The first-order valence-corrected chi connectivity index (χ1v) is 7.04. The molecular formula is C17H17N3O2. The van der Waals surface area contributed by atoms with Crippen molar-refractivity contribution in [1.82, 2.24) is 9.78 Å². The Morgan fingerprint density at radius 3 is 2.73 bits per heavy atom. The molecule has 0 bridgehead atoms. The van der Waals surface area contributed by atoms with Gasteiger partial charge in [0.05, 0.1) is 12.7 Å². The zero-order chi connectivity index (χ0) is 15.9. The van der Waals surface area contributed by atoms with Crippen LogP contribution in [0.15, 0.2) is 30.5 Å². The van der Waals surface area contributed by atoms with E-state index in [-0.39, 0.29) is 5.91 Å². The number of aromatic nitrogens is 2. The van der Waals surface area contributed by atoms with Crippen LogP contribution in [0.2, 0.25) is 0 Å². The van der Waals surface area contributed by atoms with Gasteiger partial charge in [0.1, 0.15) is 11.4 Å². The number of hydrogen-bond donors (Lipinski definition) is 1. The number of carbonyl (C=O) groups excluding carboxylic acids is 1. The van der Waals surface area contributed by atoms with Crippen LogP contribution in [0, 0.1) is 11.8 Å². The number of amides is 1. The molecule has 0 fully saturated rings. The predicted octanol–water partition coefficient (Wildman–Crippen LogP) is 1.70. The minimum Gasteiger partial charge on any atom is -0.378 e. The van der Waals surface area contributed by atoms with Crippen LogP contribution < -0.4 is 4.90 Å². The van der Waals surface area contributed by atoms with Crippen molar-refractivity contribution >= 4 is 11.7 Å². The van der Waals surface area contributed by atoms with Crippen molar-refractivity contribution in [3.63, 3.8) is 0 Å². The average Bonchev–Trinajstić information content (AvgIpc) is 3.00. The molecule has 1 aromatic heterocycles. The van der Waals surface area contributed by atoms with Crippen molar-refractivity contribution in [1.29, 1.82) is 0 Å². The first-order chi connectivity index (χ1) is 10.4. The molecule has 3 rings (SSSR count). The molecule has 112 valence electrons. The van der Waals surface area contributed by atoms with Gasteiger partial charge in [-0.1, -0.05) is 17.9 Å². The van der Waals surface area contributed by atoms with Gasteiger partial charge in [0.15, 0.2) is 0 Å². The maximum atomic E-state index is 12.6. The first-order valence-electron chi connectivity index (χ1n) is 7.04. The Labute approximate surface area is 129 Å². The lowest BCUT2D eigenvalue weighted by atomic mass is 10.0. The highest BCUT2D eigenvalue weighted by molar-refractivity contribution is 6.10. The highest BCUT2D eigenvalue weighted by Crippen LogP contribution is 2.29. The van der Waals surface area contributed by atoms with Gasteiger partial charge in [0.2, 0.25) is 0 Å². The molecule has 1 aliphatic heterocycles.